The lowest BCUT2D eigenvalue weighted by Gasteiger charge is -2.32. The van der Waals surface area contributed by atoms with Gasteiger partial charge < -0.3 is 5.32 Å². The van der Waals surface area contributed by atoms with E-state index in [1.165, 1.54) is 4.31 Å². The smallest absolute Gasteiger partial charge is 0.254 e. The Morgan fingerprint density at radius 3 is 2.31 bits per heavy atom. The minimum atomic E-state index is -3.66. The largest absolute Gasteiger partial charge is 0.349 e. The second-order valence-electron chi connectivity index (χ2n) is 7.14. The summed E-state index contributed by atoms with van der Waals surface area (Å²) >= 11 is 0. The summed E-state index contributed by atoms with van der Waals surface area (Å²) < 4.78 is 67.3. The van der Waals surface area contributed by atoms with Gasteiger partial charge >= 0.3 is 0 Å². The fraction of sp³-hybridized carbons (Fsp3) is 0.350. The minimum Gasteiger partial charge on any atom is -0.349 e. The average molecular weight is 426 g/mol. The minimum absolute atomic E-state index is 0.181. The normalized spacial score (nSPS) is 16.0. The Labute approximate surface area is 167 Å². The molecule has 5 nitrogen and oxygen atoms in total. The van der Waals surface area contributed by atoms with Crippen LogP contribution in [0.4, 0.5) is 13.2 Å². The van der Waals surface area contributed by atoms with Crippen LogP contribution in [0.1, 0.15) is 34.3 Å². The van der Waals surface area contributed by atoms with E-state index in [0.29, 0.717) is 24.5 Å². The van der Waals surface area contributed by atoms with E-state index in [0.717, 1.165) is 11.6 Å². The van der Waals surface area contributed by atoms with Crippen molar-refractivity contribution in [3.05, 3.63) is 64.5 Å². The van der Waals surface area contributed by atoms with Gasteiger partial charge in [-0.15, -0.1) is 0 Å². The van der Waals surface area contributed by atoms with Crippen molar-refractivity contribution >= 4 is 15.9 Å². The van der Waals surface area contributed by atoms with Crippen LogP contribution in [0.5, 0.6) is 0 Å². The van der Waals surface area contributed by atoms with Crippen molar-refractivity contribution in [2.45, 2.75) is 37.6 Å². The molecule has 1 saturated heterocycles. The van der Waals surface area contributed by atoms with E-state index < -0.39 is 45.0 Å². The predicted octanol–water partition coefficient (Wildman–Crippen LogP) is 3.30. The second-order valence-corrected chi connectivity index (χ2v) is 9.05. The lowest BCUT2D eigenvalue weighted by molar-refractivity contribution is 0.0918. The Morgan fingerprint density at radius 2 is 1.69 bits per heavy atom. The lowest BCUT2D eigenvalue weighted by Crippen LogP contribution is -2.46. The number of halogens is 3. The van der Waals surface area contributed by atoms with Gasteiger partial charge in [0.05, 0.1) is 10.5 Å². The summed E-state index contributed by atoms with van der Waals surface area (Å²) in [6, 6.07) is 6.29. The maximum Gasteiger partial charge on any atom is 0.254 e. The van der Waals surface area contributed by atoms with Gasteiger partial charge in [-0.1, -0.05) is 17.7 Å². The molecule has 1 N–H and O–H groups in total. The van der Waals surface area contributed by atoms with Gasteiger partial charge in [0, 0.05) is 19.1 Å². The van der Waals surface area contributed by atoms with Gasteiger partial charge in [0.1, 0.15) is 0 Å². The lowest BCUT2D eigenvalue weighted by atomic mass is 10.1. The number of hydrogen-bond donors (Lipinski definition) is 1. The van der Waals surface area contributed by atoms with Gasteiger partial charge in [0.2, 0.25) is 10.0 Å². The molecule has 156 valence electrons. The summed E-state index contributed by atoms with van der Waals surface area (Å²) in [5.74, 6) is -5.48. The van der Waals surface area contributed by atoms with E-state index in [1.807, 2.05) is 6.92 Å². The molecule has 0 radical (unpaired) electrons. The maximum absolute atomic E-state index is 13.8. The SMILES string of the molecule is Cc1ccc(S(=O)(=O)N2CCC(NC(=O)c3ccc(F)c(F)c3F)CC2)c(C)c1. The number of hydrogen-bond acceptors (Lipinski definition) is 3. The molecular formula is C20H21F3N2O3S. The Bertz CT molecular complexity index is 1050. The Balaban J connectivity index is 1.66. The fourth-order valence-electron chi connectivity index (χ4n) is 3.43. The van der Waals surface area contributed by atoms with Crippen LogP contribution in [0.2, 0.25) is 0 Å². The number of carbonyl (C=O) groups excluding carboxylic acids is 1. The molecule has 29 heavy (non-hydrogen) atoms. The molecule has 0 spiro atoms. The number of nitrogens with one attached hydrogen (secondary N) is 1. The molecule has 1 fully saturated rings. The standard InChI is InChI=1S/C20H21F3N2O3S/c1-12-3-6-17(13(2)11-12)29(27,28)25-9-7-14(8-10-25)24-20(26)15-4-5-16(21)19(23)18(15)22/h3-6,11,14H,7-10H2,1-2H3,(H,24,26). The summed E-state index contributed by atoms with van der Waals surface area (Å²) in [4.78, 5) is 12.4. The molecule has 0 aromatic heterocycles. The van der Waals surface area contributed by atoms with E-state index in [2.05, 4.69) is 5.32 Å². The van der Waals surface area contributed by atoms with Crippen LogP contribution in [0.15, 0.2) is 35.2 Å². The first-order valence-corrected chi connectivity index (χ1v) is 10.6. The van der Waals surface area contributed by atoms with Gasteiger partial charge in [0.15, 0.2) is 17.5 Å². The molecule has 1 aliphatic rings. The highest BCUT2D eigenvalue weighted by molar-refractivity contribution is 7.89. The molecule has 9 heteroatoms. The molecular weight excluding hydrogens is 405 g/mol. The predicted molar refractivity (Wildman–Crippen MR) is 101 cm³/mol. The highest BCUT2D eigenvalue weighted by Gasteiger charge is 2.31. The first-order valence-electron chi connectivity index (χ1n) is 9.13. The second kappa shape index (κ2) is 8.16. The summed E-state index contributed by atoms with van der Waals surface area (Å²) in [5, 5.41) is 2.56. The molecule has 1 heterocycles. The Hall–Kier alpha value is -2.39. The summed E-state index contributed by atoms with van der Waals surface area (Å²) in [5.41, 5.74) is 1.04. The Kier molecular flexibility index (Phi) is 6.00. The van der Waals surface area contributed by atoms with Gasteiger partial charge in [-0.3, -0.25) is 4.79 Å². The molecule has 2 aromatic rings. The van der Waals surface area contributed by atoms with Crippen molar-refractivity contribution in [3.63, 3.8) is 0 Å². The first kappa shape index (κ1) is 21.3. The summed E-state index contributed by atoms with van der Waals surface area (Å²) in [6.45, 7) is 3.98. The zero-order valence-corrected chi connectivity index (χ0v) is 16.8. The average Bonchev–Trinajstić information content (AvgIpc) is 2.66. The Morgan fingerprint density at radius 1 is 1.03 bits per heavy atom. The van der Waals surface area contributed by atoms with Crippen LogP contribution in [0, 0.1) is 31.3 Å². The number of rotatable bonds is 4. The number of aryl methyl sites for hydroxylation is 2. The number of amides is 1. The molecule has 0 unspecified atom stereocenters. The van der Waals surface area contributed by atoms with Crippen molar-refractivity contribution in [3.8, 4) is 0 Å². The number of sulfonamides is 1. The van der Waals surface area contributed by atoms with Crippen LogP contribution >= 0.6 is 0 Å². The molecule has 0 aliphatic carbocycles. The monoisotopic (exact) mass is 426 g/mol. The van der Waals surface area contributed by atoms with Gasteiger partial charge in [0.25, 0.3) is 5.91 Å². The number of benzene rings is 2. The van der Waals surface area contributed by atoms with Crippen molar-refractivity contribution in [2.75, 3.05) is 13.1 Å². The third-order valence-corrected chi connectivity index (χ3v) is 7.08. The van der Waals surface area contributed by atoms with E-state index in [-0.39, 0.29) is 18.0 Å². The summed E-state index contributed by atoms with van der Waals surface area (Å²) in [6.07, 6.45) is 0.641. The number of carbonyl (C=O) groups is 1. The summed E-state index contributed by atoms with van der Waals surface area (Å²) in [7, 11) is -3.66. The fourth-order valence-corrected chi connectivity index (χ4v) is 5.11. The van der Waals surface area contributed by atoms with Crippen molar-refractivity contribution in [1.82, 2.24) is 9.62 Å². The van der Waals surface area contributed by atoms with Crippen LogP contribution in [-0.2, 0) is 10.0 Å². The molecule has 2 aromatic carbocycles. The van der Waals surface area contributed by atoms with E-state index >= 15 is 0 Å². The first-order chi connectivity index (χ1) is 13.6. The van der Waals surface area contributed by atoms with Crippen LogP contribution in [0.25, 0.3) is 0 Å². The van der Waals surface area contributed by atoms with E-state index in [4.69, 9.17) is 0 Å². The van der Waals surface area contributed by atoms with E-state index in [9.17, 15) is 26.4 Å². The molecule has 0 bridgehead atoms. The third-order valence-electron chi connectivity index (χ3n) is 5.02. The van der Waals surface area contributed by atoms with Crippen LogP contribution < -0.4 is 5.32 Å². The van der Waals surface area contributed by atoms with E-state index in [1.54, 1.807) is 25.1 Å². The van der Waals surface area contributed by atoms with Gasteiger partial charge in [-0.05, 0) is 50.5 Å². The zero-order valence-electron chi connectivity index (χ0n) is 16.0. The van der Waals surface area contributed by atoms with Gasteiger partial charge in [-0.2, -0.15) is 4.31 Å². The van der Waals surface area contributed by atoms with Crippen molar-refractivity contribution in [2.24, 2.45) is 0 Å². The van der Waals surface area contributed by atoms with Crippen molar-refractivity contribution < 1.29 is 26.4 Å². The highest BCUT2D eigenvalue weighted by Crippen LogP contribution is 2.24. The van der Waals surface area contributed by atoms with Crippen molar-refractivity contribution in [1.29, 1.82) is 0 Å². The van der Waals surface area contributed by atoms with Gasteiger partial charge in [-0.25, -0.2) is 21.6 Å². The van der Waals surface area contributed by atoms with Crippen LogP contribution in [0.3, 0.4) is 0 Å². The molecule has 3 rings (SSSR count). The zero-order chi connectivity index (χ0) is 21.3. The quantitative estimate of drug-likeness (QED) is 0.763. The molecule has 1 amide bonds. The molecule has 1 aliphatic heterocycles. The molecule has 0 atom stereocenters. The third kappa shape index (κ3) is 4.30. The van der Waals surface area contributed by atoms with Crippen LogP contribution in [-0.4, -0.2) is 37.8 Å². The topological polar surface area (TPSA) is 66.5 Å². The maximum atomic E-state index is 13.8. The highest BCUT2D eigenvalue weighted by atomic mass is 32.2. The number of piperidine rings is 1. The molecule has 0 saturated carbocycles. The number of nitrogens with zero attached hydrogens (tertiary/aromatic N) is 1.